The number of amides is 1. The number of ether oxygens (including phenoxy) is 1. The molecule has 1 fully saturated rings. The van der Waals surface area contributed by atoms with Crippen molar-refractivity contribution in [2.24, 2.45) is 0 Å². The predicted molar refractivity (Wildman–Crippen MR) is 72.9 cm³/mol. The SMILES string of the molecule is CC(C)(C)OC(=O)N1CCCC(c2ccc(N)o2)C1. The molecule has 0 spiro atoms. The van der Waals surface area contributed by atoms with Gasteiger partial charge in [-0.2, -0.15) is 0 Å². The van der Waals surface area contributed by atoms with Crippen molar-refractivity contribution in [2.75, 3.05) is 18.8 Å². The number of nitrogens with two attached hydrogens (primary N) is 1. The van der Waals surface area contributed by atoms with E-state index in [0.29, 0.717) is 12.4 Å². The van der Waals surface area contributed by atoms with Crippen LogP contribution in [0, 0.1) is 0 Å². The van der Waals surface area contributed by atoms with Crippen LogP contribution >= 0.6 is 0 Å². The van der Waals surface area contributed by atoms with Gasteiger partial charge in [-0.15, -0.1) is 0 Å². The van der Waals surface area contributed by atoms with Gasteiger partial charge in [0.25, 0.3) is 0 Å². The third-order valence-corrected chi connectivity index (χ3v) is 3.12. The first-order valence-corrected chi connectivity index (χ1v) is 6.68. The summed E-state index contributed by atoms with van der Waals surface area (Å²) in [6.45, 7) is 6.99. The molecule has 106 valence electrons. The van der Waals surface area contributed by atoms with Crippen LogP contribution in [-0.4, -0.2) is 29.7 Å². The minimum atomic E-state index is -0.459. The van der Waals surface area contributed by atoms with Gasteiger partial charge in [-0.05, 0) is 39.7 Å². The van der Waals surface area contributed by atoms with Crippen LogP contribution in [0.15, 0.2) is 16.5 Å². The molecule has 0 radical (unpaired) electrons. The van der Waals surface area contributed by atoms with Crippen LogP contribution in [0.2, 0.25) is 0 Å². The molecule has 19 heavy (non-hydrogen) atoms. The van der Waals surface area contributed by atoms with E-state index in [-0.39, 0.29) is 12.0 Å². The maximum Gasteiger partial charge on any atom is 0.410 e. The molecule has 1 aliphatic heterocycles. The fourth-order valence-corrected chi connectivity index (χ4v) is 2.29. The molecule has 1 aromatic rings. The van der Waals surface area contributed by atoms with Gasteiger partial charge in [0.2, 0.25) is 0 Å². The molecule has 5 nitrogen and oxygen atoms in total. The highest BCUT2D eigenvalue weighted by molar-refractivity contribution is 5.68. The molecule has 2 heterocycles. The smallest absolute Gasteiger partial charge is 0.410 e. The van der Waals surface area contributed by atoms with Crippen molar-refractivity contribution in [1.82, 2.24) is 4.90 Å². The zero-order valence-electron chi connectivity index (χ0n) is 11.8. The van der Waals surface area contributed by atoms with E-state index in [1.807, 2.05) is 26.8 Å². The van der Waals surface area contributed by atoms with E-state index in [9.17, 15) is 4.79 Å². The summed E-state index contributed by atoms with van der Waals surface area (Å²) < 4.78 is 10.8. The number of nitrogens with zero attached hydrogens (tertiary/aromatic N) is 1. The van der Waals surface area contributed by atoms with Crippen molar-refractivity contribution in [1.29, 1.82) is 0 Å². The summed E-state index contributed by atoms with van der Waals surface area (Å²) in [5, 5.41) is 0. The first kappa shape index (κ1) is 13.8. The van der Waals surface area contributed by atoms with E-state index >= 15 is 0 Å². The van der Waals surface area contributed by atoms with Crippen LogP contribution in [0.3, 0.4) is 0 Å². The molecule has 1 amide bonds. The molecular weight excluding hydrogens is 244 g/mol. The van der Waals surface area contributed by atoms with Gasteiger partial charge in [0.15, 0.2) is 5.88 Å². The number of carbonyl (C=O) groups excluding carboxylic acids is 1. The maximum absolute atomic E-state index is 12.0. The third kappa shape index (κ3) is 3.66. The predicted octanol–water partition coefficient (Wildman–Crippen LogP) is 2.98. The van der Waals surface area contributed by atoms with Crippen LogP contribution < -0.4 is 5.73 Å². The van der Waals surface area contributed by atoms with Crippen LogP contribution in [0.25, 0.3) is 0 Å². The first-order chi connectivity index (χ1) is 8.85. The average Bonchev–Trinajstić information content (AvgIpc) is 2.74. The van der Waals surface area contributed by atoms with Gasteiger partial charge < -0.3 is 19.8 Å². The highest BCUT2D eigenvalue weighted by Gasteiger charge is 2.29. The molecule has 2 rings (SSSR count). The number of nitrogen functional groups attached to an aromatic ring is 1. The van der Waals surface area contributed by atoms with Crippen molar-refractivity contribution >= 4 is 12.0 Å². The van der Waals surface area contributed by atoms with Crippen molar-refractivity contribution < 1.29 is 13.9 Å². The second-order valence-electron chi connectivity index (χ2n) is 6.01. The first-order valence-electron chi connectivity index (χ1n) is 6.68. The second-order valence-corrected chi connectivity index (χ2v) is 6.01. The monoisotopic (exact) mass is 266 g/mol. The molecule has 1 atom stereocenters. The van der Waals surface area contributed by atoms with E-state index < -0.39 is 5.60 Å². The highest BCUT2D eigenvalue weighted by Crippen LogP contribution is 2.29. The van der Waals surface area contributed by atoms with Gasteiger partial charge in [-0.3, -0.25) is 0 Å². The average molecular weight is 266 g/mol. The van der Waals surface area contributed by atoms with E-state index in [1.165, 1.54) is 0 Å². The number of hydrogen-bond donors (Lipinski definition) is 1. The molecule has 0 saturated carbocycles. The van der Waals surface area contributed by atoms with Gasteiger partial charge in [-0.1, -0.05) is 0 Å². The Labute approximate surface area is 113 Å². The Hall–Kier alpha value is -1.65. The largest absolute Gasteiger partial charge is 0.446 e. The Morgan fingerprint density at radius 2 is 2.21 bits per heavy atom. The zero-order valence-corrected chi connectivity index (χ0v) is 11.8. The van der Waals surface area contributed by atoms with Crippen LogP contribution in [-0.2, 0) is 4.74 Å². The molecule has 1 aromatic heterocycles. The molecule has 0 bridgehead atoms. The standard InChI is InChI=1S/C14H22N2O3/c1-14(2,3)19-13(17)16-8-4-5-10(9-16)11-6-7-12(15)18-11/h6-7,10H,4-5,8-9,15H2,1-3H3. The quantitative estimate of drug-likeness (QED) is 0.848. The molecule has 1 unspecified atom stereocenters. The lowest BCUT2D eigenvalue weighted by Crippen LogP contribution is -2.42. The summed E-state index contributed by atoms with van der Waals surface area (Å²) in [6.07, 6.45) is 1.70. The molecule has 1 aliphatic rings. The number of furan rings is 1. The maximum atomic E-state index is 12.0. The van der Waals surface area contributed by atoms with Crippen molar-refractivity contribution in [3.05, 3.63) is 17.9 Å². The number of carbonyl (C=O) groups is 1. The Bertz CT molecular complexity index is 448. The van der Waals surface area contributed by atoms with Gasteiger partial charge in [0, 0.05) is 25.1 Å². The lowest BCUT2D eigenvalue weighted by molar-refractivity contribution is 0.0192. The molecule has 2 N–H and O–H groups in total. The summed E-state index contributed by atoms with van der Waals surface area (Å²) >= 11 is 0. The lowest BCUT2D eigenvalue weighted by Gasteiger charge is -2.33. The number of likely N-dealkylation sites (tertiary alicyclic amines) is 1. The zero-order chi connectivity index (χ0) is 14.0. The third-order valence-electron chi connectivity index (χ3n) is 3.12. The molecule has 0 aliphatic carbocycles. The Morgan fingerprint density at radius 1 is 1.47 bits per heavy atom. The molecular formula is C14H22N2O3. The van der Waals surface area contributed by atoms with Crippen LogP contribution in [0.1, 0.15) is 45.3 Å². The molecule has 5 heteroatoms. The fraction of sp³-hybridized carbons (Fsp3) is 0.643. The van der Waals surface area contributed by atoms with Crippen molar-refractivity contribution in [3.8, 4) is 0 Å². The summed E-state index contributed by atoms with van der Waals surface area (Å²) in [5.74, 6) is 1.48. The van der Waals surface area contributed by atoms with Crippen LogP contribution in [0.4, 0.5) is 10.7 Å². The van der Waals surface area contributed by atoms with E-state index in [0.717, 1.165) is 25.1 Å². The van der Waals surface area contributed by atoms with Gasteiger partial charge in [0.05, 0.1) is 0 Å². The Kier molecular flexibility index (Phi) is 3.73. The van der Waals surface area contributed by atoms with E-state index in [1.54, 1.807) is 11.0 Å². The summed E-state index contributed by atoms with van der Waals surface area (Å²) in [7, 11) is 0. The molecule has 0 aromatic carbocycles. The topological polar surface area (TPSA) is 68.7 Å². The van der Waals surface area contributed by atoms with Crippen molar-refractivity contribution in [3.63, 3.8) is 0 Å². The number of hydrogen-bond acceptors (Lipinski definition) is 4. The summed E-state index contributed by atoms with van der Waals surface area (Å²) in [5.41, 5.74) is 5.13. The minimum absolute atomic E-state index is 0.207. The second kappa shape index (κ2) is 5.15. The Morgan fingerprint density at radius 3 is 2.79 bits per heavy atom. The minimum Gasteiger partial charge on any atom is -0.446 e. The van der Waals surface area contributed by atoms with Crippen LogP contribution in [0.5, 0.6) is 0 Å². The number of anilines is 1. The summed E-state index contributed by atoms with van der Waals surface area (Å²) in [6, 6.07) is 3.64. The summed E-state index contributed by atoms with van der Waals surface area (Å²) in [4.78, 5) is 13.8. The fourth-order valence-electron chi connectivity index (χ4n) is 2.29. The van der Waals surface area contributed by atoms with Gasteiger partial charge >= 0.3 is 6.09 Å². The van der Waals surface area contributed by atoms with E-state index in [2.05, 4.69) is 0 Å². The Balaban J connectivity index is 1.99. The van der Waals surface area contributed by atoms with Gasteiger partial charge in [-0.25, -0.2) is 4.79 Å². The van der Waals surface area contributed by atoms with Crippen molar-refractivity contribution in [2.45, 2.75) is 45.1 Å². The highest BCUT2D eigenvalue weighted by atomic mass is 16.6. The van der Waals surface area contributed by atoms with Gasteiger partial charge in [0.1, 0.15) is 11.4 Å². The number of rotatable bonds is 1. The normalized spacial score (nSPS) is 20.4. The lowest BCUT2D eigenvalue weighted by atomic mass is 9.96. The molecule has 1 saturated heterocycles. The number of piperidine rings is 1. The van der Waals surface area contributed by atoms with E-state index in [4.69, 9.17) is 14.9 Å².